The molecule has 0 aromatic carbocycles. The number of aliphatic carboxylic acids is 1. The van der Waals surface area contributed by atoms with Crippen LogP contribution in [0.2, 0.25) is 0 Å². The van der Waals surface area contributed by atoms with Crippen LogP contribution in [0.4, 0.5) is 4.79 Å². The van der Waals surface area contributed by atoms with E-state index in [0.717, 1.165) is 12.2 Å². The Morgan fingerprint density at radius 1 is 1.57 bits per heavy atom. The Balaban J connectivity index is 1.85. The van der Waals surface area contributed by atoms with Gasteiger partial charge in [-0.1, -0.05) is 6.42 Å². The van der Waals surface area contributed by atoms with E-state index in [9.17, 15) is 14.7 Å². The van der Waals surface area contributed by atoms with Crippen molar-refractivity contribution in [2.75, 3.05) is 12.3 Å². The minimum absolute atomic E-state index is 0.422. The molecule has 21 heavy (non-hydrogen) atoms. The van der Waals surface area contributed by atoms with E-state index in [1.165, 1.54) is 23.7 Å². The molecule has 2 atom stereocenters. The molecule has 0 saturated carbocycles. The molecule has 7 nitrogen and oxygen atoms in total. The summed E-state index contributed by atoms with van der Waals surface area (Å²) in [6, 6.07) is -1.55. The number of carbonyl (C=O) groups excluding carboxylic acids is 1. The van der Waals surface area contributed by atoms with Crippen LogP contribution < -0.4 is 10.6 Å². The van der Waals surface area contributed by atoms with Gasteiger partial charge in [-0.2, -0.15) is 16.9 Å². The third-order valence-electron chi connectivity index (χ3n) is 3.34. The van der Waals surface area contributed by atoms with Gasteiger partial charge in [0.05, 0.1) is 6.20 Å². The molecule has 1 aliphatic heterocycles. The highest BCUT2D eigenvalue weighted by Crippen LogP contribution is 2.24. The van der Waals surface area contributed by atoms with Crippen molar-refractivity contribution in [3.8, 4) is 0 Å². The van der Waals surface area contributed by atoms with Crippen molar-refractivity contribution in [2.24, 2.45) is 7.05 Å². The van der Waals surface area contributed by atoms with Crippen molar-refractivity contribution in [1.29, 1.82) is 0 Å². The maximum atomic E-state index is 11.9. The molecule has 116 valence electrons. The molecule has 2 unspecified atom stereocenters. The van der Waals surface area contributed by atoms with Gasteiger partial charge in [0.1, 0.15) is 0 Å². The molecule has 1 aliphatic rings. The summed E-state index contributed by atoms with van der Waals surface area (Å²) in [5.41, 5.74) is 0.451. The number of carboxylic acid groups (broad SMARTS) is 1. The molecule has 2 rings (SSSR count). The molecule has 0 radical (unpaired) electrons. The Morgan fingerprint density at radius 3 is 2.95 bits per heavy atom. The molecular formula is C13H20N4O3S. The summed E-state index contributed by atoms with van der Waals surface area (Å²) in [5, 5.41) is 18.8. The smallest absolute Gasteiger partial charge is 0.331 e. The average molecular weight is 312 g/mol. The lowest BCUT2D eigenvalue weighted by Gasteiger charge is -2.22. The number of carbonyl (C=O) groups is 2. The van der Waals surface area contributed by atoms with Crippen molar-refractivity contribution in [2.45, 2.75) is 30.6 Å². The highest BCUT2D eigenvalue weighted by Gasteiger charge is 2.24. The lowest BCUT2D eigenvalue weighted by atomic mass is 10.1. The van der Waals surface area contributed by atoms with E-state index in [0.29, 0.717) is 17.4 Å². The van der Waals surface area contributed by atoms with Gasteiger partial charge < -0.3 is 15.7 Å². The summed E-state index contributed by atoms with van der Waals surface area (Å²) in [7, 11) is 1.70. The number of aromatic nitrogens is 2. The number of amides is 2. The summed E-state index contributed by atoms with van der Waals surface area (Å²) in [5.74, 6) is 0.0201. The van der Waals surface area contributed by atoms with E-state index in [1.807, 2.05) is 11.8 Å². The average Bonchev–Trinajstić information content (AvgIpc) is 2.89. The Labute approximate surface area is 127 Å². The molecule has 0 spiro atoms. The van der Waals surface area contributed by atoms with Gasteiger partial charge in [0.25, 0.3) is 0 Å². The first-order valence-corrected chi connectivity index (χ1v) is 7.98. The van der Waals surface area contributed by atoms with Crippen molar-refractivity contribution < 1.29 is 14.7 Å². The number of thioether (sulfide) groups is 1. The summed E-state index contributed by atoms with van der Waals surface area (Å²) in [6.45, 7) is 0.565. The number of rotatable bonds is 5. The number of hydrogen-bond donors (Lipinski definition) is 3. The highest BCUT2D eigenvalue weighted by atomic mass is 32.2. The first-order valence-electron chi connectivity index (χ1n) is 6.93. The zero-order valence-electron chi connectivity index (χ0n) is 11.9. The largest absolute Gasteiger partial charge is 0.479 e. The second-order valence-electron chi connectivity index (χ2n) is 5.06. The van der Waals surface area contributed by atoms with Gasteiger partial charge >= 0.3 is 12.0 Å². The Morgan fingerprint density at radius 2 is 2.38 bits per heavy atom. The van der Waals surface area contributed by atoms with E-state index >= 15 is 0 Å². The van der Waals surface area contributed by atoms with Gasteiger partial charge in [-0.3, -0.25) is 4.68 Å². The molecule has 0 bridgehead atoms. The first-order chi connectivity index (χ1) is 10.1. The topological polar surface area (TPSA) is 96.2 Å². The molecule has 2 heterocycles. The fourth-order valence-corrected chi connectivity index (χ4v) is 3.47. The fourth-order valence-electron chi connectivity index (χ4n) is 2.23. The number of aryl methyl sites for hydroxylation is 1. The summed E-state index contributed by atoms with van der Waals surface area (Å²) >= 11 is 1.86. The molecule has 1 saturated heterocycles. The third kappa shape index (κ3) is 4.66. The number of urea groups is 1. The third-order valence-corrected chi connectivity index (χ3v) is 4.74. The standard InChI is InChI=1S/C13H20N4O3S/c1-17-8-9(6-15-17)11(12(18)19)16-13(20)14-7-10-4-2-3-5-21-10/h6,8,10-11H,2-5,7H2,1H3,(H,18,19)(H2,14,16,20). The first kappa shape index (κ1) is 15.7. The monoisotopic (exact) mass is 312 g/mol. The van der Waals surface area contributed by atoms with Gasteiger partial charge in [-0.05, 0) is 18.6 Å². The van der Waals surface area contributed by atoms with Gasteiger partial charge in [-0.15, -0.1) is 0 Å². The van der Waals surface area contributed by atoms with Gasteiger partial charge in [0.15, 0.2) is 6.04 Å². The predicted molar refractivity (Wildman–Crippen MR) is 80.2 cm³/mol. The van der Waals surface area contributed by atoms with Crippen LogP contribution in [0.5, 0.6) is 0 Å². The summed E-state index contributed by atoms with van der Waals surface area (Å²) < 4.78 is 1.50. The highest BCUT2D eigenvalue weighted by molar-refractivity contribution is 7.99. The lowest BCUT2D eigenvalue weighted by Crippen LogP contribution is -2.43. The quantitative estimate of drug-likeness (QED) is 0.757. The van der Waals surface area contributed by atoms with Crippen molar-refractivity contribution in [1.82, 2.24) is 20.4 Å². The molecule has 0 aliphatic carbocycles. The van der Waals surface area contributed by atoms with Crippen LogP contribution >= 0.6 is 11.8 Å². The molecule has 1 aromatic heterocycles. The SMILES string of the molecule is Cn1cc(C(NC(=O)NCC2CCCCS2)C(=O)O)cn1. The van der Waals surface area contributed by atoms with Crippen molar-refractivity contribution in [3.63, 3.8) is 0 Å². The fraction of sp³-hybridized carbons (Fsp3) is 0.615. The summed E-state index contributed by atoms with van der Waals surface area (Å²) in [6.07, 6.45) is 6.53. The van der Waals surface area contributed by atoms with Crippen LogP contribution in [0, 0.1) is 0 Å². The Bertz CT molecular complexity index is 499. The van der Waals surface area contributed by atoms with Crippen molar-refractivity contribution in [3.05, 3.63) is 18.0 Å². The Hall–Kier alpha value is -1.70. The number of nitrogens with one attached hydrogen (secondary N) is 2. The molecular weight excluding hydrogens is 292 g/mol. The van der Waals surface area contributed by atoms with Crippen LogP contribution in [0.3, 0.4) is 0 Å². The summed E-state index contributed by atoms with van der Waals surface area (Å²) in [4.78, 5) is 23.1. The van der Waals surface area contributed by atoms with Crippen LogP contribution in [0.1, 0.15) is 30.9 Å². The van der Waals surface area contributed by atoms with Gasteiger partial charge in [0.2, 0.25) is 0 Å². The maximum absolute atomic E-state index is 11.9. The van der Waals surface area contributed by atoms with Crippen LogP contribution in [-0.2, 0) is 11.8 Å². The molecule has 1 aromatic rings. The molecule has 1 fully saturated rings. The normalized spacial score (nSPS) is 19.8. The number of nitrogens with zero attached hydrogens (tertiary/aromatic N) is 2. The van der Waals surface area contributed by atoms with E-state index in [-0.39, 0.29) is 0 Å². The van der Waals surface area contributed by atoms with Gasteiger partial charge in [0, 0.05) is 30.6 Å². The van der Waals surface area contributed by atoms with E-state index < -0.39 is 18.0 Å². The van der Waals surface area contributed by atoms with Gasteiger partial charge in [-0.25, -0.2) is 9.59 Å². The number of hydrogen-bond acceptors (Lipinski definition) is 4. The maximum Gasteiger partial charge on any atom is 0.331 e. The van der Waals surface area contributed by atoms with Crippen LogP contribution in [-0.4, -0.2) is 44.4 Å². The minimum atomic E-state index is -1.11. The van der Waals surface area contributed by atoms with E-state index in [4.69, 9.17) is 0 Å². The Kier molecular flexibility index (Phi) is 5.49. The zero-order valence-corrected chi connectivity index (χ0v) is 12.7. The van der Waals surface area contributed by atoms with Crippen LogP contribution in [0.15, 0.2) is 12.4 Å². The molecule has 3 N–H and O–H groups in total. The molecule has 8 heteroatoms. The second-order valence-corrected chi connectivity index (χ2v) is 6.47. The van der Waals surface area contributed by atoms with Crippen molar-refractivity contribution >= 4 is 23.8 Å². The molecule has 2 amide bonds. The second kappa shape index (κ2) is 7.35. The van der Waals surface area contributed by atoms with E-state index in [2.05, 4.69) is 15.7 Å². The predicted octanol–water partition coefficient (Wildman–Crippen LogP) is 1.13. The van der Waals surface area contributed by atoms with Crippen LogP contribution in [0.25, 0.3) is 0 Å². The minimum Gasteiger partial charge on any atom is -0.479 e. The zero-order chi connectivity index (χ0) is 15.2. The lowest BCUT2D eigenvalue weighted by molar-refractivity contribution is -0.139. The number of carboxylic acids is 1. The van der Waals surface area contributed by atoms with E-state index in [1.54, 1.807) is 13.2 Å².